The Morgan fingerprint density at radius 3 is 2.46 bits per heavy atom. The van der Waals surface area contributed by atoms with Gasteiger partial charge in [0.2, 0.25) is 5.89 Å². The Morgan fingerprint density at radius 2 is 1.96 bits per heavy atom. The summed E-state index contributed by atoms with van der Waals surface area (Å²) in [6.07, 6.45) is 0.574. The minimum absolute atomic E-state index is 0.296. The second kappa shape index (κ2) is 10.0. The van der Waals surface area contributed by atoms with E-state index in [2.05, 4.69) is 20.6 Å². The third-order valence-corrected chi connectivity index (χ3v) is 3.52. The van der Waals surface area contributed by atoms with Crippen LogP contribution >= 0.6 is 0 Å². The lowest BCUT2D eigenvalue weighted by Crippen LogP contribution is -2.44. The number of oxazole rings is 1. The first-order chi connectivity index (χ1) is 12.2. The first kappa shape index (κ1) is 21.8. The maximum Gasteiger partial charge on any atom is 0.410 e. The molecule has 1 heterocycles. The van der Waals surface area contributed by atoms with E-state index in [1.54, 1.807) is 11.9 Å². The van der Waals surface area contributed by atoms with Gasteiger partial charge in [-0.25, -0.2) is 9.78 Å². The molecule has 0 aliphatic heterocycles. The summed E-state index contributed by atoms with van der Waals surface area (Å²) in [5.74, 6) is 2.06. The molecule has 0 bridgehead atoms. The van der Waals surface area contributed by atoms with Crippen LogP contribution in [0, 0.1) is 13.8 Å². The van der Waals surface area contributed by atoms with E-state index in [4.69, 9.17) is 9.15 Å². The molecule has 0 radical (unpaired) electrons. The highest BCUT2D eigenvalue weighted by molar-refractivity contribution is 5.79. The highest BCUT2D eigenvalue weighted by Crippen LogP contribution is 2.10. The second-order valence-corrected chi connectivity index (χ2v) is 7.07. The first-order valence-corrected chi connectivity index (χ1v) is 9.01. The first-order valence-electron chi connectivity index (χ1n) is 9.01. The summed E-state index contributed by atoms with van der Waals surface area (Å²) < 4.78 is 11.0. The largest absolute Gasteiger partial charge is 0.444 e. The van der Waals surface area contributed by atoms with Gasteiger partial charge in [0.1, 0.15) is 11.4 Å². The summed E-state index contributed by atoms with van der Waals surface area (Å²) in [5.41, 5.74) is 0.387. The zero-order chi connectivity index (χ0) is 19.7. The van der Waals surface area contributed by atoms with E-state index in [1.807, 2.05) is 41.5 Å². The van der Waals surface area contributed by atoms with E-state index in [1.165, 1.54) is 0 Å². The van der Waals surface area contributed by atoms with Crippen molar-refractivity contribution in [3.8, 4) is 0 Å². The summed E-state index contributed by atoms with van der Waals surface area (Å²) in [6.45, 7) is 13.6. The van der Waals surface area contributed by atoms with Gasteiger partial charge in [-0.05, 0) is 41.0 Å². The van der Waals surface area contributed by atoms with Crippen LogP contribution in [0.15, 0.2) is 9.41 Å². The van der Waals surface area contributed by atoms with Gasteiger partial charge in [-0.1, -0.05) is 6.92 Å². The third kappa shape index (κ3) is 7.76. The predicted molar refractivity (Wildman–Crippen MR) is 102 cm³/mol. The summed E-state index contributed by atoms with van der Waals surface area (Å²) in [6, 6.07) is 0. The fraction of sp³-hybridized carbons (Fsp3) is 0.722. The molecule has 1 rings (SSSR count). The Hall–Kier alpha value is -2.25. The number of rotatable bonds is 7. The second-order valence-electron chi connectivity index (χ2n) is 7.07. The molecule has 0 aromatic carbocycles. The van der Waals surface area contributed by atoms with Gasteiger partial charge < -0.3 is 24.7 Å². The van der Waals surface area contributed by atoms with Crippen LogP contribution in [0.5, 0.6) is 0 Å². The molecule has 0 atom stereocenters. The summed E-state index contributed by atoms with van der Waals surface area (Å²) in [4.78, 5) is 22.4. The molecule has 1 aromatic heterocycles. The zero-order valence-electron chi connectivity index (χ0n) is 17.1. The quantitative estimate of drug-likeness (QED) is 0.568. The van der Waals surface area contributed by atoms with Gasteiger partial charge in [-0.3, -0.25) is 4.99 Å². The lowest BCUT2D eigenvalue weighted by Gasteiger charge is -2.27. The van der Waals surface area contributed by atoms with Gasteiger partial charge in [0, 0.05) is 26.7 Å². The number of aliphatic imine (C=N–C) groups is 1. The molecular weight excluding hydrogens is 334 g/mol. The van der Waals surface area contributed by atoms with E-state index in [9.17, 15) is 4.79 Å². The van der Waals surface area contributed by atoms with E-state index >= 15 is 0 Å². The molecule has 0 saturated carbocycles. The molecule has 1 amide bonds. The fourth-order valence-electron chi connectivity index (χ4n) is 2.19. The lowest BCUT2D eigenvalue weighted by molar-refractivity contribution is 0.0253. The van der Waals surface area contributed by atoms with Gasteiger partial charge in [0.15, 0.2) is 5.96 Å². The maximum absolute atomic E-state index is 12.2. The van der Waals surface area contributed by atoms with Gasteiger partial charge in [-0.2, -0.15) is 0 Å². The Labute approximate surface area is 156 Å². The van der Waals surface area contributed by atoms with Crippen LogP contribution in [0.2, 0.25) is 0 Å². The van der Waals surface area contributed by atoms with Gasteiger partial charge in [0.05, 0.1) is 12.2 Å². The molecule has 8 nitrogen and oxygen atoms in total. The predicted octanol–water partition coefficient (Wildman–Crippen LogP) is 2.60. The number of carbonyl (C=O) groups is 1. The van der Waals surface area contributed by atoms with Gasteiger partial charge >= 0.3 is 6.09 Å². The number of nitrogens with one attached hydrogen (secondary N) is 2. The van der Waals surface area contributed by atoms with Crippen molar-refractivity contribution >= 4 is 12.1 Å². The number of hydrogen-bond donors (Lipinski definition) is 2. The molecule has 2 N–H and O–H groups in total. The molecule has 26 heavy (non-hydrogen) atoms. The van der Waals surface area contributed by atoms with E-state index in [0.717, 1.165) is 17.9 Å². The Bertz CT molecular complexity index is 585. The number of aryl methyl sites for hydroxylation is 2. The molecule has 8 heteroatoms. The van der Waals surface area contributed by atoms with Crippen LogP contribution in [-0.4, -0.2) is 54.2 Å². The average molecular weight is 367 g/mol. The number of carbonyl (C=O) groups excluding carboxylic acids is 1. The van der Waals surface area contributed by atoms with Crippen molar-refractivity contribution in [2.75, 3.05) is 26.7 Å². The fourth-order valence-corrected chi connectivity index (χ4v) is 2.19. The zero-order valence-corrected chi connectivity index (χ0v) is 17.1. The number of guanidine groups is 1. The molecule has 0 spiro atoms. The van der Waals surface area contributed by atoms with Gasteiger partial charge in [-0.15, -0.1) is 0 Å². The number of aromatic nitrogens is 1. The molecule has 0 unspecified atom stereocenters. The van der Waals surface area contributed by atoms with Crippen LogP contribution in [0.25, 0.3) is 0 Å². The summed E-state index contributed by atoms with van der Waals surface area (Å²) in [5, 5.41) is 6.34. The van der Waals surface area contributed by atoms with Gasteiger partial charge in [0.25, 0.3) is 0 Å². The number of amides is 1. The molecule has 148 valence electrons. The Kier molecular flexibility index (Phi) is 8.41. The monoisotopic (exact) mass is 367 g/mol. The smallest absolute Gasteiger partial charge is 0.410 e. The minimum Gasteiger partial charge on any atom is -0.444 e. The Morgan fingerprint density at radius 1 is 1.27 bits per heavy atom. The van der Waals surface area contributed by atoms with Crippen LogP contribution in [0.1, 0.15) is 51.5 Å². The maximum atomic E-state index is 12.2. The highest BCUT2D eigenvalue weighted by atomic mass is 16.6. The van der Waals surface area contributed by atoms with Crippen LogP contribution in [0.4, 0.5) is 4.79 Å². The SMILES string of the molecule is CCCN(CCNC(=NC)NCc1nc(C)c(C)o1)C(=O)OC(C)(C)C. The molecule has 0 aliphatic carbocycles. The Balaban J connectivity index is 2.46. The standard InChI is InChI=1S/C18H33N5O3/c1-8-10-23(17(24)26-18(4,5)6)11-9-20-16(19-7)21-12-15-22-13(2)14(3)25-15/h8-12H2,1-7H3,(H2,19,20,21). The van der Waals surface area contributed by atoms with Crippen molar-refractivity contribution in [1.82, 2.24) is 20.5 Å². The summed E-state index contributed by atoms with van der Waals surface area (Å²) in [7, 11) is 1.69. The average Bonchev–Trinajstić information content (AvgIpc) is 2.86. The van der Waals surface area contributed by atoms with E-state index < -0.39 is 5.60 Å². The molecule has 1 aromatic rings. The van der Waals surface area contributed by atoms with Crippen molar-refractivity contribution in [3.05, 3.63) is 17.3 Å². The minimum atomic E-state index is -0.500. The molecular formula is C18H33N5O3. The third-order valence-electron chi connectivity index (χ3n) is 3.52. The van der Waals surface area contributed by atoms with Crippen molar-refractivity contribution in [1.29, 1.82) is 0 Å². The summed E-state index contributed by atoms with van der Waals surface area (Å²) >= 11 is 0. The molecule has 0 fully saturated rings. The van der Waals surface area contributed by atoms with Crippen molar-refractivity contribution in [3.63, 3.8) is 0 Å². The van der Waals surface area contributed by atoms with Crippen molar-refractivity contribution in [2.24, 2.45) is 4.99 Å². The topological polar surface area (TPSA) is 92.0 Å². The normalized spacial score (nSPS) is 12.0. The van der Waals surface area contributed by atoms with Crippen LogP contribution in [0.3, 0.4) is 0 Å². The number of hydrogen-bond acceptors (Lipinski definition) is 5. The van der Waals surface area contributed by atoms with Crippen LogP contribution < -0.4 is 10.6 Å². The van der Waals surface area contributed by atoms with E-state index in [0.29, 0.717) is 38.0 Å². The number of nitrogens with zero attached hydrogens (tertiary/aromatic N) is 3. The van der Waals surface area contributed by atoms with Crippen molar-refractivity contribution < 1.29 is 13.9 Å². The van der Waals surface area contributed by atoms with Crippen molar-refractivity contribution in [2.45, 2.75) is 60.1 Å². The highest BCUT2D eigenvalue weighted by Gasteiger charge is 2.21. The van der Waals surface area contributed by atoms with E-state index in [-0.39, 0.29) is 6.09 Å². The van der Waals surface area contributed by atoms with Crippen LogP contribution in [-0.2, 0) is 11.3 Å². The molecule has 0 saturated heterocycles. The number of ether oxygens (including phenoxy) is 1. The molecule has 0 aliphatic rings. The lowest BCUT2D eigenvalue weighted by atomic mass is 10.2.